The van der Waals surface area contributed by atoms with Crippen LogP contribution in [0, 0.1) is 0 Å². The van der Waals surface area contributed by atoms with E-state index in [-0.39, 0.29) is 0 Å². The number of hydrogen-bond acceptors (Lipinski definition) is 4. The molecule has 0 radical (unpaired) electrons. The van der Waals surface area contributed by atoms with Crippen molar-refractivity contribution in [1.82, 2.24) is 5.32 Å². The number of hydrogen-bond donors (Lipinski definition) is 4. The summed E-state index contributed by atoms with van der Waals surface area (Å²) in [5.41, 5.74) is 5.41. The first-order chi connectivity index (χ1) is 9.49. The van der Waals surface area contributed by atoms with E-state index < -0.39 is 24.0 Å². The maximum Gasteiger partial charge on any atom is 0.320 e. The maximum atomic E-state index is 11.0. The molecule has 0 rings (SSSR count). The minimum atomic E-state index is -1.03. The van der Waals surface area contributed by atoms with Crippen LogP contribution in [0.4, 0.5) is 0 Å². The summed E-state index contributed by atoms with van der Waals surface area (Å²) in [6, 6.07) is -1.62. The highest BCUT2D eigenvalue weighted by molar-refractivity contribution is 5.77. The van der Waals surface area contributed by atoms with Crippen LogP contribution in [-0.4, -0.2) is 40.8 Å². The van der Waals surface area contributed by atoms with Gasteiger partial charge in [-0.25, -0.2) is 0 Å². The van der Waals surface area contributed by atoms with Crippen LogP contribution in [0.3, 0.4) is 0 Å². The lowest BCUT2D eigenvalue weighted by Gasteiger charge is -2.17. The summed E-state index contributed by atoms with van der Waals surface area (Å²) in [5, 5.41) is 20.4. The molecule has 0 aliphatic carbocycles. The topological polar surface area (TPSA) is 113 Å². The normalized spacial score (nSPS) is 13.9. The van der Waals surface area contributed by atoms with Crippen LogP contribution in [-0.2, 0) is 9.59 Å². The monoisotopic (exact) mass is 288 g/mol. The third-order valence-corrected chi connectivity index (χ3v) is 3.32. The van der Waals surface area contributed by atoms with Gasteiger partial charge in [-0.1, -0.05) is 38.5 Å². The molecule has 0 aromatic rings. The number of aliphatic carboxylic acids is 2. The lowest BCUT2D eigenvalue weighted by atomic mass is 10.0. The van der Waals surface area contributed by atoms with E-state index in [2.05, 4.69) is 5.32 Å². The molecule has 1 unspecified atom stereocenters. The van der Waals surface area contributed by atoms with Crippen molar-refractivity contribution in [2.24, 2.45) is 5.73 Å². The van der Waals surface area contributed by atoms with Gasteiger partial charge in [0.1, 0.15) is 12.1 Å². The quantitative estimate of drug-likeness (QED) is 0.383. The summed E-state index contributed by atoms with van der Waals surface area (Å²) in [6.07, 6.45) is 7.89. The van der Waals surface area contributed by atoms with E-state index in [1.807, 2.05) is 0 Å². The highest BCUT2D eigenvalue weighted by Crippen LogP contribution is 2.10. The Hall–Kier alpha value is -1.14. The van der Waals surface area contributed by atoms with Gasteiger partial charge in [0, 0.05) is 0 Å². The Morgan fingerprint density at radius 1 is 0.950 bits per heavy atom. The molecular weight excluding hydrogens is 260 g/mol. The number of carbonyl (C=O) groups is 2. The fourth-order valence-corrected chi connectivity index (χ4v) is 2.03. The minimum Gasteiger partial charge on any atom is -0.480 e. The van der Waals surface area contributed by atoms with Crippen LogP contribution in [0.5, 0.6) is 0 Å². The van der Waals surface area contributed by atoms with E-state index in [9.17, 15) is 9.59 Å². The zero-order valence-electron chi connectivity index (χ0n) is 12.3. The van der Waals surface area contributed by atoms with Crippen molar-refractivity contribution in [2.45, 2.75) is 70.4 Å². The number of nitrogens with one attached hydrogen (secondary N) is 1. The van der Waals surface area contributed by atoms with Crippen LogP contribution in [0.1, 0.15) is 58.3 Å². The summed E-state index contributed by atoms with van der Waals surface area (Å²) in [5.74, 6) is -2.02. The molecule has 0 aromatic heterocycles. The Labute approximate surface area is 120 Å². The first-order valence-electron chi connectivity index (χ1n) is 7.40. The Kier molecular flexibility index (Phi) is 11.0. The lowest BCUT2D eigenvalue weighted by Crippen LogP contribution is -2.45. The number of rotatable bonds is 13. The van der Waals surface area contributed by atoms with Gasteiger partial charge in [0.2, 0.25) is 0 Å². The van der Waals surface area contributed by atoms with Gasteiger partial charge in [-0.15, -0.1) is 0 Å². The molecule has 0 amide bonds. The molecule has 0 heterocycles. The van der Waals surface area contributed by atoms with Crippen LogP contribution < -0.4 is 11.1 Å². The zero-order chi connectivity index (χ0) is 15.4. The smallest absolute Gasteiger partial charge is 0.320 e. The molecule has 0 saturated carbocycles. The average Bonchev–Trinajstić information content (AvgIpc) is 2.39. The molecule has 20 heavy (non-hydrogen) atoms. The van der Waals surface area contributed by atoms with Crippen molar-refractivity contribution in [3.63, 3.8) is 0 Å². The van der Waals surface area contributed by atoms with Crippen LogP contribution in [0.25, 0.3) is 0 Å². The number of carboxylic acid groups (broad SMARTS) is 2. The van der Waals surface area contributed by atoms with Gasteiger partial charge in [-0.2, -0.15) is 0 Å². The summed E-state index contributed by atoms with van der Waals surface area (Å²) < 4.78 is 0. The molecule has 0 bridgehead atoms. The lowest BCUT2D eigenvalue weighted by molar-refractivity contribution is -0.142. The molecule has 0 aromatic carbocycles. The second kappa shape index (κ2) is 11.7. The summed E-state index contributed by atoms with van der Waals surface area (Å²) in [4.78, 5) is 21.7. The van der Waals surface area contributed by atoms with Gasteiger partial charge >= 0.3 is 11.9 Å². The molecular formula is C14H28N2O4. The molecule has 0 spiro atoms. The van der Waals surface area contributed by atoms with E-state index in [1.54, 1.807) is 0 Å². The molecule has 0 aliphatic heterocycles. The average molecular weight is 288 g/mol. The highest BCUT2D eigenvalue weighted by atomic mass is 16.4. The predicted molar refractivity (Wildman–Crippen MR) is 77.6 cm³/mol. The van der Waals surface area contributed by atoms with Crippen molar-refractivity contribution in [3.8, 4) is 0 Å². The minimum absolute atomic E-state index is 0.468. The van der Waals surface area contributed by atoms with Crippen LogP contribution >= 0.6 is 0 Å². The van der Waals surface area contributed by atoms with Crippen molar-refractivity contribution < 1.29 is 19.8 Å². The summed E-state index contributed by atoms with van der Waals surface area (Å²) in [7, 11) is 0. The van der Waals surface area contributed by atoms with Crippen molar-refractivity contribution in [1.29, 1.82) is 0 Å². The molecule has 6 heteroatoms. The molecule has 0 aliphatic rings. The zero-order valence-corrected chi connectivity index (χ0v) is 12.3. The Balaban J connectivity index is 3.71. The van der Waals surface area contributed by atoms with E-state index in [4.69, 9.17) is 15.9 Å². The predicted octanol–water partition coefficient (Wildman–Crippen LogP) is 1.58. The maximum absolute atomic E-state index is 11.0. The molecule has 0 saturated heterocycles. The Morgan fingerprint density at radius 3 is 1.90 bits per heavy atom. The Bertz CT molecular complexity index is 284. The van der Waals surface area contributed by atoms with Gasteiger partial charge in [0.25, 0.3) is 0 Å². The SMILES string of the molecule is C[C@@H](NC(CCCCCCCCCN)C(=O)O)C(=O)O. The molecule has 2 atom stereocenters. The third-order valence-electron chi connectivity index (χ3n) is 3.32. The highest BCUT2D eigenvalue weighted by Gasteiger charge is 2.21. The van der Waals surface area contributed by atoms with Gasteiger partial charge in [0.05, 0.1) is 0 Å². The molecule has 0 fully saturated rings. The first kappa shape index (κ1) is 18.9. The van der Waals surface area contributed by atoms with Crippen LogP contribution in [0.2, 0.25) is 0 Å². The van der Waals surface area contributed by atoms with Gasteiger partial charge in [-0.05, 0) is 26.3 Å². The first-order valence-corrected chi connectivity index (χ1v) is 7.40. The fourth-order valence-electron chi connectivity index (χ4n) is 2.03. The Morgan fingerprint density at radius 2 is 1.45 bits per heavy atom. The second-order valence-corrected chi connectivity index (χ2v) is 5.17. The van der Waals surface area contributed by atoms with E-state index >= 15 is 0 Å². The van der Waals surface area contributed by atoms with Crippen molar-refractivity contribution in [2.75, 3.05) is 6.54 Å². The van der Waals surface area contributed by atoms with Gasteiger partial charge < -0.3 is 15.9 Å². The van der Waals surface area contributed by atoms with E-state index in [1.165, 1.54) is 13.3 Å². The van der Waals surface area contributed by atoms with E-state index in [0.29, 0.717) is 6.42 Å². The largest absolute Gasteiger partial charge is 0.480 e. The number of nitrogens with two attached hydrogens (primary N) is 1. The molecule has 6 nitrogen and oxygen atoms in total. The fraction of sp³-hybridized carbons (Fsp3) is 0.857. The summed E-state index contributed by atoms with van der Waals surface area (Å²) >= 11 is 0. The van der Waals surface area contributed by atoms with Gasteiger partial charge in [0.15, 0.2) is 0 Å². The number of carboxylic acids is 2. The van der Waals surface area contributed by atoms with Crippen molar-refractivity contribution in [3.05, 3.63) is 0 Å². The number of unbranched alkanes of at least 4 members (excludes halogenated alkanes) is 6. The van der Waals surface area contributed by atoms with E-state index in [0.717, 1.165) is 45.1 Å². The second-order valence-electron chi connectivity index (χ2n) is 5.17. The molecule has 5 N–H and O–H groups in total. The van der Waals surface area contributed by atoms with Gasteiger partial charge in [-0.3, -0.25) is 14.9 Å². The third kappa shape index (κ3) is 9.75. The standard InChI is InChI=1S/C14H28N2O4/c1-11(13(17)18)16-12(14(19)20)9-7-5-3-2-4-6-8-10-15/h11-12,16H,2-10,15H2,1H3,(H,17,18)(H,19,20)/t11-,12?/m1/s1. The molecule has 118 valence electrons. The van der Waals surface area contributed by atoms with Crippen LogP contribution in [0.15, 0.2) is 0 Å². The summed E-state index contributed by atoms with van der Waals surface area (Å²) in [6.45, 7) is 2.20. The van der Waals surface area contributed by atoms with Crippen molar-refractivity contribution >= 4 is 11.9 Å².